The summed E-state index contributed by atoms with van der Waals surface area (Å²) in [4.78, 5) is 20.6. The van der Waals surface area contributed by atoms with Gasteiger partial charge in [-0.2, -0.15) is 23.3 Å². The number of piperazine rings is 1. The molecule has 3 aromatic heterocycles. The number of anilines is 3. The molecule has 0 unspecified atom stereocenters. The van der Waals surface area contributed by atoms with Gasteiger partial charge in [-0.15, -0.1) is 5.10 Å². The van der Waals surface area contributed by atoms with Crippen LogP contribution in [-0.2, 0) is 4.79 Å². The van der Waals surface area contributed by atoms with Crippen LogP contribution in [0.3, 0.4) is 0 Å². The molecule has 1 amide bonds. The number of nitrogens with zero attached hydrogens (tertiary/aromatic N) is 6. The van der Waals surface area contributed by atoms with Gasteiger partial charge in [0.2, 0.25) is 11.9 Å². The van der Waals surface area contributed by atoms with Crippen LogP contribution in [0, 0.1) is 12.3 Å². The van der Waals surface area contributed by atoms with Crippen molar-refractivity contribution in [1.29, 1.82) is 0 Å². The minimum Gasteiger partial charge on any atom is -0.338 e. The number of halogens is 3. The third-order valence-electron chi connectivity index (χ3n) is 6.34. The number of hydrogen-bond donors (Lipinski definition) is 2. The van der Waals surface area contributed by atoms with E-state index in [0.717, 1.165) is 11.2 Å². The summed E-state index contributed by atoms with van der Waals surface area (Å²) in [5.74, 6) is 0.817. The smallest absolute Gasteiger partial charge is 0.338 e. The number of H-pyrrole nitrogens is 1. The Morgan fingerprint density at radius 2 is 1.97 bits per heavy atom. The number of aryl methyl sites for hydroxylation is 1. The van der Waals surface area contributed by atoms with E-state index in [0.29, 0.717) is 37.1 Å². The first kappa shape index (κ1) is 20.6. The van der Waals surface area contributed by atoms with Crippen LogP contribution in [0.25, 0.3) is 5.52 Å². The van der Waals surface area contributed by atoms with Crippen molar-refractivity contribution >= 4 is 29.0 Å². The predicted molar refractivity (Wildman–Crippen MR) is 111 cm³/mol. The van der Waals surface area contributed by atoms with Crippen molar-refractivity contribution in [3.05, 3.63) is 30.1 Å². The van der Waals surface area contributed by atoms with Crippen molar-refractivity contribution in [2.45, 2.75) is 32.4 Å². The zero-order chi connectivity index (χ0) is 22.5. The largest absolute Gasteiger partial charge is 0.403 e. The second kappa shape index (κ2) is 7.38. The molecule has 0 atom stereocenters. The van der Waals surface area contributed by atoms with Crippen LogP contribution in [0.5, 0.6) is 0 Å². The van der Waals surface area contributed by atoms with Crippen LogP contribution in [0.1, 0.15) is 25.0 Å². The lowest BCUT2D eigenvalue weighted by atomic mass is 9.67. The molecule has 9 nitrogen and oxygen atoms in total. The van der Waals surface area contributed by atoms with E-state index in [2.05, 4.69) is 25.6 Å². The Labute approximate surface area is 181 Å². The Morgan fingerprint density at radius 1 is 1.22 bits per heavy atom. The first-order chi connectivity index (χ1) is 15.3. The maximum absolute atomic E-state index is 13.6. The van der Waals surface area contributed by atoms with Gasteiger partial charge < -0.3 is 15.1 Å². The molecule has 0 spiro atoms. The summed E-state index contributed by atoms with van der Waals surface area (Å²) in [7, 11) is 0. The normalized spacial score (nSPS) is 18.6. The molecule has 0 bridgehead atoms. The quantitative estimate of drug-likeness (QED) is 0.638. The van der Waals surface area contributed by atoms with Gasteiger partial charge in [-0.25, -0.2) is 4.52 Å². The van der Waals surface area contributed by atoms with Crippen LogP contribution in [0.2, 0.25) is 0 Å². The second-order valence-electron chi connectivity index (χ2n) is 8.37. The summed E-state index contributed by atoms with van der Waals surface area (Å²) in [6.07, 6.45) is -2.52. The summed E-state index contributed by atoms with van der Waals surface area (Å²) in [6.45, 7) is 3.00. The van der Waals surface area contributed by atoms with Crippen molar-refractivity contribution in [3.63, 3.8) is 0 Å². The monoisotopic (exact) mass is 448 g/mol. The number of rotatable bonds is 4. The average Bonchev–Trinajstić information content (AvgIpc) is 3.34. The minimum atomic E-state index is -4.51. The van der Waals surface area contributed by atoms with Gasteiger partial charge in [0.1, 0.15) is 10.9 Å². The molecule has 1 aliphatic carbocycles. The van der Waals surface area contributed by atoms with E-state index in [1.54, 1.807) is 10.7 Å². The molecule has 2 aliphatic rings. The number of hydrogen-bond acceptors (Lipinski definition) is 6. The molecule has 2 N–H and O–H groups in total. The summed E-state index contributed by atoms with van der Waals surface area (Å²) < 4.78 is 42.3. The third-order valence-corrected chi connectivity index (χ3v) is 6.34. The average molecular weight is 448 g/mol. The SMILES string of the molecule is Cc1cc(Nc2nc(N3CCN(C(=O)C4(C(F)(F)F)CCC4)CC3)nn3cccc23)n[nH]1. The highest BCUT2D eigenvalue weighted by atomic mass is 19.4. The Bertz CT molecular complexity index is 1140. The van der Waals surface area contributed by atoms with E-state index in [1.165, 1.54) is 4.90 Å². The van der Waals surface area contributed by atoms with Crippen molar-refractivity contribution in [2.24, 2.45) is 5.41 Å². The lowest BCUT2D eigenvalue weighted by molar-refractivity contribution is -0.248. The summed E-state index contributed by atoms with van der Waals surface area (Å²) >= 11 is 0. The van der Waals surface area contributed by atoms with Crippen molar-refractivity contribution < 1.29 is 18.0 Å². The number of nitrogens with one attached hydrogen (secondary N) is 2. The lowest BCUT2D eigenvalue weighted by Crippen LogP contribution is -2.60. The molecule has 1 saturated heterocycles. The van der Waals surface area contributed by atoms with Gasteiger partial charge in [0.15, 0.2) is 11.6 Å². The molecule has 1 aliphatic heterocycles. The molecule has 0 aromatic carbocycles. The van der Waals surface area contributed by atoms with Crippen molar-refractivity contribution in [2.75, 3.05) is 36.4 Å². The van der Waals surface area contributed by atoms with Crippen LogP contribution in [0.4, 0.5) is 30.8 Å². The van der Waals surface area contributed by atoms with Crippen molar-refractivity contribution in [3.8, 4) is 0 Å². The second-order valence-corrected chi connectivity index (χ2v) is 8.37. The van der Waals surface area contributed by atoms with E-state index in [-0.39, 0.29) is 25.9 Å². The summed E-state index contributed by atoms with van der Waals surface area (Å²) in [5.41, 5.74) is -0.536. The van der Waals surface area contributed by atoms with E-state index >= 15 is 0 Å². The van der Waals surface area contributed by atoms with Gasteiger partial charge in [-0.1, -0.05) is 6.42 Å². The van der Waals surface area contributed by atoms with E-state index < -0.39 is 17.5 Å². The van der Waals surface area contributed by atoms with Crippen LogP contribution < -0.4 is 10.2 Å². The Morgan fingerprint density at radius 3 is 2.56 bits per heavy atom. The number of alkyl halides is 3. The minimum absolute atomic E-state index is 0.120. The van der Waals surface area contributed by atoms with Gasteiger partial charge in [0.25, 0.3) is 0 Å². The zero-order valence-electron chi connectivity index (χ0n) is 17.5. The molecular formula is C20H23F3N8O. The molecule has 4 heterocycles. The molecule has 12 heteroatoms. The fourth-order valence-electron chi connectivity index (χ4n) is 4.31. The summed E-state index contributed by atoms with van der Waals surface area (Å²) in [5, 5.41) is 14.8. The Balaban J connectivity index is 1.33. The number of fused-ring (bicyclic) bond motifs is 1. The number of aromatic amines is 1. The highest BCUT2D eigenvalue weighted by Gasteiger charge is 2.64. The molecule has 32 heavy (non-hydrogen) atoms. The van der Waals surface area contributed by atoms with Gasteiger partial charge in [-0.3, -0.25) is 9.89 Å². The van der Waals surface area contributed by atoms with E-state index in [4.69, 9.17) is 0 Å². The molecule has 3 aromatic rings. The van der Waals surface area contributed by atoms with Crippen LogP contribution in [-0.4, -0.2) is 68.0 Å². The molecule has 0 radical (unpaired) electrons. The number of carbonyl (C=O) groups excluding carboxylic acids is 1. The van der Waals surface area contributed by atoms with Crippen molar-refractivity contribution in [1.82, 2.24) is 29.7 Å². The van der Waals surface area contributed by atoms with Gasteiger partial charge in [0.05, 0.1) is 0 Å². The fraction of sp³-hybridized carbons (Fsp3) is 0.500. The predicted octanol–water partition coefficient (Wildman–Crippen LogP) is 2.89. The maximum atomic E-state index is 13.6. The van der Waals surface area contributed by atoms with Crippen LogP contribution >= 0.6 is 0 Å². The standard InChI is InChI=1S/C20H23F3N8O/c1-13-12-15(27-26-13)24-16-14-4-2-7-31(14)28-18(25-16)30-10-8-29(9-11-30)17(32)19(5-3-6-19)20(21,22)23/h2,4,7,12H,3,5-6,8-11H2,1H3,(H2,24,25,26,27,28). The number of aromatic nitrogens is 5. The van der Waals surface area contributed by atoms with E-state index in [9.17, 15) is 18.0 Å². The Kier molecular flexibility index (Phi) is 4.75. The zero-order valence-corrected chi connectivity index (χ0v) is 17.5. The molecule has 2 fully saturated rings. The fourth-order valence-corrected chi connectivity index (χ4v) is 4.31. The van der Waals surface area contributed by atoms with Gasteiger partial charge in [0, 0.05) is 44.1 Å². The topological polar surface area (TPSA) is 94.5 Å². The number of amides is 1. The lowest BCUT2D eigenvalue weighted by Gasteiger charge is -2.46. The Hall–Kier alpha value is -3.31. The first-order valence-electron chi connectivity index (χ1n) is 10.5. The van der Waals surface area contributed by atoms with Gasteiger partial charge >= 0.3 is 6.18 Å². The first-order valence-corrected chi connectivity index (χ1v) is 10.5. The highest BCUT2D eigenvalue weighted by molar-refractivity contribution is 5.85. The molecule has 1 saturated carbocycles. The third kappa shape index (κ3) is 3.33. The molecular weight excluding hydrogens is 425 g/mol. The molecule has 170 valence electrons. The van der Waals surface area contributed by atoms with E-state index in [1.807, 2.05) is 30.0 Å². The maximum Gasteiger partial charge on any atom is 0.403 e. The van der Waals surface area contributed by atoms with Crippen LogP contribution in [0.15, 0.2) is 24.4 Å². The number of carbonyl (C=O) groups is 1. The molecule has 5 rings (SSSR count). The van der Waals surface area contributed by atoms with Gasteiger partial charge in [-0.05, 0) is 31.9 Å². The summed E-state index contributed by atoms with van der Waals surface area (Å²) in [6, 6.07) is 5.57. The highest BCUT2D eigenvalue weighted by Crippen LogP contribution is 2.54.